The molecule has 3 aromatic rings. The van der Waals surface area contributed by atoms with Gasteiger partial charge in [0.2, 0.25) is 5.91 Å². The van der Waals surface area contributed by atoms with Crippen molar-refractivity contribution >= 4 is 17.5 Å². The normalized spacial score (nSPS) is 14.9. The first-order valence-corrected chi connectivity index (χ1v) is 12.7. The second-order valence-electron chi connectivity index (χ2n) is 9.52. The average molecular weight is 496 g/mol. The maximum absolute atomic E-state index is 13.9. The Bertz CT molecular complexity index is 1390. The number of rotatable bonds is 7. The van der Waals surface area contributed by atoms with E-state index in [0.29, 0.717) is 23.1 Å². The van der Waals surface area contributed by atoms with Crippen molar-refractivity contribution in [1.29, 1.82) is 0 Å². The number of nitrogens with two attached hydrogens (primary N) is 1. The van der Waals surface area contributed by atoms with Crippen LogP contribution in [0.2, 0.25) is 0 Å². The van der Waals surface area contributed by atoms with Gasteiger partial charge in [0.25, 0.3) is 5.91 Å². The first-order valence-electron chi connectivity index (χ1n) is 12.7. The number of carbonyl (C=O) groups is 2. The predicted octanol–water partition coefficient (Wildman–Crippen LogP) is 5.71. The molecule has 5 nitrogen and oxygen atoms in total. The van der Waals surface area contributed by atoms with Crippen molar-refractivity contribution < 1.29 is 14.0 Å². The Morgan fingerprint density at radius 1 is 0.973 bits per heavy atom. The molecule has 188 valence electrons. The van der Waals surface area contributed by atoms with Crippen molar-refractivity contribution in [3.05, 3.63) is 113 Å². The molecular weight excluding hydrogens is 465 g/mol. The zero-order valence-electron chi connectivity index (χ0n) is 20.7. The molecule has 5 rings (SSSR count). The summed E-state index contributed by atoms with van der Waals surface area (Å²) in [7, 11) is 0. The van der Waals surface area contributed by atoms with Crippen molar-refractivity contribution in [2.45, 2.75) is 32.2 Å². The van der Waals surface area contributed by atoms with E-state index in [1.807, 2.05) is 54.6 Å². The topological polar surface area (TPSA) is 75.4 Å². The van der Waals surface area contributed by atoms with Crippen LogP contribution in [0.1, 0.15) is 51.1 Å². The van der Waals surface area contributed by atoms with Crippen LogP contribution in [0.25, 0.3) is 11.1 Å². The number of halogens is 1. The first-order chi connectivity index (χ1) is 18.0. The highest BCUT2D eigenvalue weighted by Gasteiger charge is 2.20. The minimum atomic E-state index is -0.437. The van der Waals surface area contributed by atoms with Gasteiger partial charge in [-0.25, -0.2) is 4.39 Å². The molecule has 2 amide bonds. The van der Waals surface area contributed by atoms with Gasteiger partial charge in [0, 0.05) is 42.0 Å². The highest BCUT2D eigenvalue weighted by atomic mass is 19.1. The second kappa shape index (κ2) is 10.8. The van der Waals surface area contributed by atoms with Crippen molar-refractivity contribution in [1.82, 2.24) is 5.32 Å². The molecule has 0 aromatic heterocycles. The molecule has 0 bridgehead atoms. The van der Waals surface area contributed by atoms with E-state index in [-0.39, 0.29) is 18.3 Å². The largest absolute Gasteiger partial charge is 0.367 e. The summed E-state index contributed by atoms with van der Waals surface area (Å²) in [6, 6.07) is 21.4. The molecule has 1 aliphatic heterocycles. The fourth-order valence-electron chi connectivity index (χ4n) is 5.07. The molecule has 0 radical (unpaired) electrons. The van der Waals surface area contributed by atoms with E-state index >= 15 is 0 Å². The van der Waals surface area contributed by atoms with E-state index in [1.54, 1.807) is 12.1 Å². The third kappa shape index (κ3) is 5.48. The highest BCUT2D eigenvalue weighted by molar-refractivity contribution is 5.99. The minimum Gasteiger partial charge on any atom is -0.367 e. The number of amides is 2. The molecular formula is C31H30FN3O2. The van der Waals surface area contributed by atoms with Crippen LogP contribution in [-0.4, -0.2) is 24.9 Å². The van der Waals surface area contributed by atoms with Gasteiger partial charge in [-0.15, -0.1) is 0 Å². The number of allylic oxidation sites excluding steroid dienone is 2. The molecule has 0 spiro atoms. The Labute approximate surface area is 216 Å². The number of fused-ring (bicyclic) bond motifs is 1. The Hall–Kier alpha value is -4.19. The van der Waals surface area contributed by atoms with Crippen molar-refractivity contribution in [2.75, 3.05) is 18.0 Å². The number of primary amides is 1. The van der Waals surface area contributed by atoms with E-state index in [0.717, 1.165) is 60.3 Å². The van der Waals surface area contributed by atoms with E-state index in [2.05, 4.69) is 22.3 Å². The van der Waals surface area contributed by atoms with Gasteiger partial charge in [0.15, 0.2) is 0 Å². The fourth-order valence-corrected chi connectivity index (χ4v) is 5.07. The molecule has 0 atom stereocenters. The summed E-state index contributed by atoms with van der Waals surface area (Å²) in [5, 5.41) is 2.86. The molecule has 6 heteroatoms. The molecule has 1 heterocycles. The Balaban J connectivity index is 1.27. The number of aryl methyl sites for hydroxylation is 1. The summed E-state index contributed by atoms with van der Waals surface area (Å²) >= 11 is 0. The lowest BCUT2D eigenvalue weighted by Gasteiger charge is -2.32. The lowest BCUT2D eigenvalue weighted by atomic mass is 9.97. The average Bonchev–Trinajstić information content (AvgIpc) is 2.93. The standard InChI is InChI=1S/C31H30FN3O2/c32-28-10-4-1-6-25(28)19-34-31(37)24-15-16-29-23(18-24)7-5-17-35(29)20-21-11-13-22(14-12-21)26-8-2-3-9-27(26)30(33)36/h2-3,6,8-16,18H,1,4-5,7,17,19-20H2,(H2,33,36)(H,34,37). The molecule has 2 aliphatic rings. The summed E-state index contributed by atoms with van der Waals surface area (Å²) in [4.78, 5) is 26.9. The van der Waals surface area contributed by atoms with Crippen LogP contribution in [0.5, 0.6) is 0 Å². The molecule has 0 saturated carbocycles. The zero-order chi connectivity index (χ0) is 25.8. The van der Waals surface area contributed by atoms with Gasteiger partial charge in [0.05, 0.1) is 0 Å². The van der Waals surface area contributed by atoms with Crippen LogP contribution >= 0.6 is 0 Å². The number of nitrogens with one attached hydrogen (secondary N) is 1. The monoisotopic (exact) mass is 495 g/mol. The van der Waals surface area contributed by atoms with E-state index in [9.17, 15) is 14.0 Å². The van der Waals surface area contributed by atoms with Crippen molar-refractivity contribution in [2.24, 2.45) is 5.73 Å². The maximum Gasteiger partial charge on any atom is 0.251 e. The summed E-state index contributed by atoms with van der Waals surface area (Å²) in [6.07, 6.45) is 6.85. The number of anilines is 1. The Morgan fingerprint density at radius 3 is 2.54 bits per heavy atom. The predicted molar refractivity (Wildman–Crippen MR) is 145 cm³/mol. The Kier molecular flexibility index (Phi) is 7.17. The fraction of sp³-hybridized carbons (Fsp3) is 0.226. The lowest BCUT2D eigenvalue weighted by Crippen LogP contribution is -2.30. The number of hydrogen-bond acceptors (Lipinski definition) is 3. The van der Waals surface area contributed by atoms with Crippen molar-refractivity contribution in [3.8, 4) is 11.1 Å². The van der Waals surface area contributed by atoms with E-state index in [1.165, 1.54) is 0 Å². The number of hydrogen-bond donors (Lipinski definition) is 2. The Morgan fingerprint density at radius 2 is 1.76 bits per heavy atom. The molecule has 0 unspecified atom stereocenters. The zero-order valence-corrected chi connectivity index (χ0v) is 20.7. The van der Waals surface area contributed by atoms with Crippen LogP contribution in [0.4, 0.5) is 10.1 Å². The smallest absolute Gasteiger partial charge is 0.251 e. The van der Waals surface area contributed by atoms with Crippen LogP contribution < -0.4 is 16.0 Å². The van der Waals surface area contributed by atoms with E-state index in [4.69, 9.17) is 5.73 Å². The first kappa shape index (κ1) is 24.5. The molecule has 37 heavy (non-hydrogen) atoms. The van der Waals surface area contributed by atoms with Gasteiger partial charge in [-0.05, 0) is 78.3 Å². The van der Waals surface area contributed by atoms with E-state index < -0.39 is 5.91 Å². The van der Waals surface area contributed by atoms with Gasteiger partial charge in [0.1, 0.15) is 5.83 Å². The van der Waals surface area contributed by atoms with Gasteiger partial charge in [-0.3, -0.25) is 9.59 Å². The maximum atomic E-state index is 13.9. The third-order valence-corrected chi connectivity index (χ3v) is 7.01. The van der Waals surface area contributed by atoms with Crippen LogP contribution in [-0.2, 0) is 13.0 Å². The van der Waals surface area contributed by atoms with Crippen LogP contribution in [0.3, 0.4) is 0 Å². The van der Waals surface area contributed by atoms with Gasteiger partial charge in [-0.2, -0.15) is 0 Å². The van der Waals surface area contributed by atoms with Gasteiger partial charge < -0.3 is 16.0 Å². The highest BCUT2D eigenvalue weighted by Crippen LogP contribution is 2.30. The molecule has 0 saturated heterocycles. The van der Waals surface area contributed by atoms with Gasteiger partial charge in [-0.1, -0.05) is 48.5 Å². The number of nitrogens with zero attached hydrogens (tertiary/aromatic N) is 1. The molecule has 0 fully saturated rings. The van der Waals surface area contributed by atoms with Crippen molar-refractivity contribution in [3.63, 3.8) is 0 Å². The van der Waals surface area contributed by atoms with Gasteiger partial charge >= 0.3 is 0 Å². The van der Waals surface area contributed by atoms with Crippen LogP contribution in [0, 0.1) is 0 Å². The number of benzene rings is 3. The second-order valence-corrected chi connectivity index (χ2v) is 9.52. The quantitative estimate of drug-likeness (QED) is 0.441. The molecule has 3 N–H and O–H groups in total. The summed E-state index contributed by atoms with van der Waals surface area (Å²) in [5.41, 5.74) is 12.4. The third-order valence-electron chi connectivity index (χ3n) is 7.01. The minimum absolute atomic E-state index is 0.189. The molecule has 1 aliphatic carbocycles. The summed E-state index contributed by atoms with van der Waals surface area (Å²) in [6.45, 7) is 1.88. The summed E-state index contributed by atoms with van der Waals surface area (Å²) < 4.78 is 13.9. The van der Waals surface area contributed by atoms with Crippen LogP contribution in [0.15, 0.2) is 90.3 Å². The lowest BCUT2D eigenvalue weighted by molar-refractivity contribution is 0.0955. The molecule has 3 aromatic carbocycles. The SMILES string of the molecule is NC(=O)c1ccccc1-c1ccc(CN2CCCc3cc(C(=O)NCC4=CCCC=C4F)ccc32)cc1. The number of carbonyl (C=O) groups excluding carboxylic acids is 2. The summed E-state index contributed by atoms with van der Waals surface area (Å²) in [5.74, 6) is -0.864.